The molecular formula is C11H14N2O6. The number of aromatic amines is 1. The second kappa shape index (κ2) is 4.57. The molecule has 5 atom stereocenters. The summed E-state index contributed by atoms with van der Waals surface area (Å²) in [5.41, 5.74) is -1.03. The van der Waals surface area contributed by atoms with Crippen molar-refractivity contribution in [2.75, 3.05) is 0 Å². The van der Waals surface area contributed by atoms with Gasteiger partial charge in [0.2, 0.25) is 0 Å². The minimum absolute atomic E-state index is 0.114. The van der Waals surface area contributed by atoms with Gasteiger partial charge in [0.05, 0.1) is 12.6 Å². The van der Waals surface area contributed by atoms with E-state index in [2.05, 4.69) is 4.98 Å². The van der Waals surface area contributed by atoms with E-state index in [0.717, 1.165) is 0 Å². The first-order chi connectivity index (χ1) is 9.04. The number of fused-ring (bicyclic) bond motifs is 1. The minimum atomic E-state index is -0.916. The van der Waals surface area contributed by atoms with Crippen LogP contribution in [-0.4, -0.2) is 50.5 Å². The molecule has 0 spiro atoms. The van der Waals surface area contributed by atoms with Crippen LogP contribution in [-0.2, 0) is 16.0 Å². The third-order valence-corrected chi connectivity index (χ3v) is 3.46. The Labute approximate surface area is 107 Å². The zero-order valence-corrected chi connectivity index (χ0v) is 9.93. The lowest BCUT2D eigenvalue weighted by atomic mass is 10.1. The van der Waals surface area contributed by atoms with Gasteiger partial charge in [-0.1, -0.05) is 0 Å². The summed E-state index contributed by atoms with van der Waals surface area (Å²) >= 11 is 0. The molecule has 0 bridgehead atoms. The Balaban J connectivity index is 1.75. The molecule has 0 aliphatic carbocycles. The van der Waals surface area contributed by atoms with Gasteiger partial charge in [-0.3, -0.25) is 14.3 Å². The summed E-state index contributed by atoms with van der Waals surface area (Å²) in [7, 11) is 0. The van der Waals surface area contributed by atoms with Crippen molar-refractivity contribution in [3.05, 3.63) is 33.1 Å². The Morgan fingerprint density at radius 2 is 2.16 bits per heavy atom. The lowest BCUT2D eigenvalue weighted by Crippen LogP contribution is -2.38. The Morgan fingerprint density at radius 1 is 1.37 bits per heavy atom. The van der Waals surface area contributed by atoms with Crippen molar-refractivity contribution in [1.29, 1.82) is 0 Å². The highest BCUT2D eigenvalue weighted by Crippen LogP contribution is 2.33. The Bertz CT molecular complexity index is 581. The fourth-order valence-electron chi connectivity index (χ4n) is 2.54. The topological polar surface area (TPSA) is 114 Å². The number of rotatable bonds is 2. The van der Waals surface area contributed by atoms with Crippen molar-refractivity contribution in [2.45, 2.75) is 43.7 Å². The van der Waals surface area contributed by atoms with Crippen molar-refractivity contribution < 1.29 is 19.7 Å². The second-order valence-electron chi connectivity index (χ2n) is 4.76. The Morgan fingerprint density at radius 3 is 2.84 bits per heavy atom. The van der Waals surface area contributed by atoms with Gasteiger partial charge in [0.25, 0.3) is 5.56 Å². The number of aliphatic hydroxyl groups excluding tert-OH is 2. The predicted molar refractivity (Wildman–Crippen MR) is 61.5 cm³/mol. The number of hydrogen-bond donors (Lipinski definition) is 3. The summed E-state index contributed by atoms with van der Waals surface area (Å²) in [6.07, 6.45) is -1.72. The lowest BCUT2D eigenvalue weighted by Gasteiger charge is -2.18. The number of hydrogen-bond acceptors (Lipinski definition) is 6. The van der Waals surface area contributed by atoms with Crippen LogP contribution in [0.25, 0.3) is 0 Å². The van der Waals surface area contributed by atoms with Crippen LogP contribution in [0.4, 0.5) is 0 Å². The predicted octanol–water partition coefficient (Wildman–Crippen LogP) is -2.23. The van der Waals surface area contributed by atoms with E-state index in [1.54, 1.807) is 0 Å². The molecule has 3 N–H and O–H groups in total. The van der Waals surface area contributed by atoms with Crippen LogP contribution in [0.5, 0.6) is 0 Å². The molecular weight excluding hydrogens is 256 g/mol. The van der Waals surface area contributed by atoms with E-state index in [0.29, 0.717) is 6.42 Å². The highest BCUT2D eigenvalue weighted by Gasteiger charge is 2.50. The van der Waals surface area contributed by atoms with E-state index in [4.69, 9.17) is 9.47 Å². The largest absolute Gasteiger partial charge is 0.388 e. The summed E-state index contributed by atoms with van der Waals surface area (Å²) < 4.78 is 12.0. The molecule has 104 valence electrons. The van der Waals surface area contributed by atoms with Gasteiger partial charge in [0.1, 0.15) is 18.3 Å². The van der Waals surface area contributed by atoms with Crippen molar-refractivity contribution in [3.63, 3.8) is 0 Å². The van der Waals surface area contributed by atoms with Crippen LogP contribution in [0.3, 0.4) is 0 Å². The lowest BCUT2D eigenvalue weighted by molar-refractivity contribution is -0.123. The first-order valence-corrected chi connectivity index (χ1v) is 6.01. The average Bonchev–Trinajstić information content (AvgIpc) is 2.83. The Hall–Kier alpha value is -1.48. The van der Waals surface area contributed by atoms with Crippen molar-refractivity contribution in [3.8, 4) is 0 Å². The van der Waals surface area contributed by atoms with Gasteiger partial charge >= 0.3 is 5.69 Å². The molecule has 19 heavy (non-hydrogen) atoms. The number of nitrogens with one attached hydrogen (secondary N) is 1. The summed E-state index contributed by atoms with van der Waals surface area (Å²) in [6.45, 7) is 0.114. The van der Waals surface area contributed by atoms with Crippen molar-refractivity contribution in [2.24, 2.45) is 0 Å². The number of aromatic nitrogens is 2. The third kappa shape index (κ3) is 2.23. The summed E-state index contributed by atoms with van der Waals surface area (Å²) in [4.78, 5) is 24.6. The van der Waals surface area contributed by atoms with Crippen LogP contribution in [0.1, 0.15) is 6.42 Å². The van der Waals surface area contributed by atoms with Crippen molar-refractivity contribution >= 4 is 0 Å². The highest BCUT2D eigenvalue weighted by molar-refractivity contribution is 4.96. The molecule has 2 saturated heterocycles. The summed E-state index contributed by atoms with van der Waals surface area (Å²) in [5.74, 6) is 0. The molecule has 8 heteroatoms. The van der Waals surface area contributed by atoms with E-state index in [1.165, 1.54) is 16.8 Å². The molecule has 1 aromatic rings. The average molecular weight is 270 g/mol. The van der Waals surface area contributed by atoms with Crippen LogP contribution >= 0.6 is 0 Å². The maximum Gasteiger partial charge on any atom is 0.328 e. The molecule has 1 unspecified atom stereocenters. The normalized spacial score (nSPS) is 37.5. The molecule has 2 aliphatic heterocycles. The number of H-pyrrole nitrogens is 1. The van der Waals surface area contributed by atoms with E-state index >= 15 is 0 Å². The summed E-state index contributed by atoms with van der Waals surface area (Å²) in [5, 5.41) is 19.3. The van der Waals surface area contributed by atoms with E-state index < -0.39 is 35.9 Å². The van der Waals surface area contributed by atoms with Gasteiger partial charge in [-0.05, 0) is 0 Å². The Kier molecular flexibility index (Phi) is 3.02. The molecule has 2 aliphatic rings. The second-order valence-corrected chi connectivity index (χ2v) is 4.76. The third-order valence-electron chi connectivity index (χ3n) is 3.46. The van der Waals surface area contributed by atoms with Crippen LogP contribution in [0.15, 0.2) is 21.9 Å². The number of nitrogens with zero attached hydrogens (tertiary/aromatic N) is 1. The van der Waals surface area contributed by atoms with E-state index in [-0.39, 0.29) is 12.6 Å². The van der Waals surface area contributed by atoms with E-state index in [1.807, 2.05) is 0 Å². The first-order valence-electron chi connectivity index (χ1n) is 6.01. The van der Waals surface area contributed by atoms with Gasteiger partial charge in [0.15, 0.2) is 6.29 Å². The fraction of sp³-hybridized carbons (Fsp3) is 0.636. The molecule has 8 nitrogen and oxygen atoms in total. The molecule has 0 aromatic carbocycles. The molecule has 1 aromatic heterocycles. The monoisotopic (exact) mass is 270 g/mol. The quantitative estimate of drug-likeness (QED) is 0.560. The maximum absolute atomic E-state index is 11.5. The molecule has 0 saturated carbocycles. The molecule has 0 amide bonds. The van der Waals surface area contributed by atoms with Crippen molar-refractivity contribution in [1.82, 2.24) is 9.55 Å². The van der Waals surface area contributed by atoms with Gasteiger partial charge in [0, 0.05) is 18.7 Å². The molecule has 3 rings (SSSR count). The number of aliphatic hydroxyl groups is 2. The van der Waals surface area contributed by atoms with E-state index in [9.17, 15) is 19.8 Å². The first kappa shape index (κ1) is 12.5. The maximum atomic E-state index is 11.5. The van der Waals surface area contributed by atoms with Crippen LogP contribution in [0.2, 0.25) is 0 Å². The number of ether oxygens (including phenoxy) is 2. The fourth-order valence-corrected chi connectivity index (χ4v) is 2.54. The molecule has 0 radical (unpaired) electrons. The van der Waals surface area contributed by atoms with Gasteiger partial charge in [-0.15, -0.1) is 0 Å². The zero-order chi connectivity index (χ0) is 13.6. The smallest absolute Gasteiger partial charge is 0.328 e. The molecule has 3 heterocycles. The summed E-state index contributed by atoms with van der Waals surface area (Å²) in [6, 6.07) is 1.23. The van der Waals surface area contributed by atoms with Gasteiger partial charge in [-0.25, -0.2) is 4.79 Å². The minimum Gasteiger partial charge on any atom is -0.388 e. The molecule has 2 fully saturated rings. The van der Waals surface area contributed by atoms with Crippen LogP contribution in [0, 0.1) is 0 Å². The highest BCUT2D eigenvalue weighted by atomic mass is 16.7. The zero-order valence-electron chi connectivity index (χ0n) is 9.93. The van der Waals surface area contributed by atoms with Gasteiger partial charge < -0.3 is 19.7 Å². The standard InChI is InChI=1S/C11H14N2O6/c14-7-1-2-13(11(17)12-7)4-6-9(16)10-5(18-6)3-8(15)19-10/h1-2,5-6,8-10,15-16H,3-4H2,(H,12,14,17)/t5-,6-,8?,9-,10+/m1/s1. The van der Waals surface area contributed by atoms with Gasteiger partial charge in [-0.2, -0.15) is 0 Å². The van der Waals surface area contributed by atoms with Crippen LogP contribution < -0.4 is 11.2 Å². The SMILES string of the molecule is O=c1ccn(C[C@H]2O[C@@H]3CC(O)O[C@@H]3[C@@H]2O)c(=O)[nH]1.